The molecule has 0 radical (unpaired) electrons. The van der Waals surface area contributed by atoms with E-state index < -0.39 is 22.9 Å². The third-order valence-corrected chi connectivity index (χ3v) is 5.56. The Labute approximate surface area is 195 Å². The van der Waals surface area contributed by atoms with E-state index in [0.29, 0.717) is 35.5 Å². The smallest absolute Gasteiger partial charge is 0.267 e. The van der Waals surface area contributed by atoms with E-state index in [2.05, 4.69) is 30.2 Å². The van der Waals surface area contributed by atoms with Crippen molar-refractivity contribution in [3.63, 3.8) is 0 Å². The molecular formula is C22H17ClF2N8O. The minimum atomic E-state index is -0.882. The van der Waals surface area contributed by atoms with Crippen molar-refractivity contribution < 1.29 is 8.78 Å². The van der Waals surface area contributed by atoms with Gasteiger partial charge in [-0.15, -0.1) is 0 Å². The molecule has 12 heteroatoms. The number of aromatic amines is 1. The monoisotopic (exact) mass is 482 g/mol. The molecule has 34 heavy (non-hydrogen) atoms. The van der Waals surface area contributed by atoms with Gasteiger partial charge in [0.25, 0.3) is 5.56 Å². The molecule has 9 nitrogen and oxygen atoms in total. The lowest BCUT2D eigenvalue weighted by atomic mass is 10.2. The van der Waals surface area contributed by atoms with Crippen LogP contribution in [0.4, 0.5) is 20.5 Å². The molecule has 0 atom stereocenters. The van der Waals surface area contributed by atoms with Gasteiger partial charge >= 0.3 is 0 Å². The summed E-state index contributed by atoms with van der Waals surface area (Å²) < 4.78 is 30.3. The Balaban J connectivity index is 1.50. The van der Waals surface area contributed by atoms with Crippen LogP contribution in [-0.2, 0) is 6.42 Å². The van der Waals surface area contributed by atoms with Crippen molar-refractivity contribution in [1.29, 1.82) is 0 Å². The number of para-hydroxylation sites is 1. The average molecular weight is 483 g/mol. The summed E-state index contributed by atoms with van der Waals surface area (Å²) >= 11 is 6.22. The lowest BCUT2D eigenvalue weighted by molar-refractivity contribution is 0.560. The summed E-state index contributed by atoms with van der Waals surface area (Å²) in [7, 11) is 0. The first-order valence-electron chi connectivity index (χ1n) is 10.3. The van der Waals surface area contributed by atoms with E-state index in [4.69, 9.17) is 17.3 Å². The molecule has 0 amide bonds. The number of nitrogens with zero attached hydrogens (tertiary/aromatic N) is 5. The Morgan fingerprint density at radius 2 is 1.85 bits per heavy atom. The maximum Gasteiger partial charge on any atom is 0.267 e. The molecule has 5 aromatic rings. The summed E-state index contributed by atoms with van der Waals surface area (Å²) in [5.41, 5.74) is 5.95. The van der Waals surface area contributed by atoms with Crippen molar-refractivity contribution in [1.82, 2.24) is 29.5 Å². The molecule has 0 spiro atoms. The zero-order chi connectivity index (χ0) is 23.8. The van der Waals surface area contributed by atoms with Gasteiger partial charge in [-0.05, 0) is 30.7 Å². The second-order valence-corrected chi connectivity index (χ2v) is 7.84. The molecule has 4 N–H and O–H groups in total. The number of hydrogen-bond acceptors (Lipinski definition) is 7. The van der Waals surface area contributed by atoms with Gasteiger partial charge in [0.15, 0.2) is 11.5 Å². The van der Waals surface area contributed by atoms with E-state index in [0.717, 1.165) is 16.7 Å². The maximum atomic E-state index is 14.7. The van der Waals surface area contributed by atoms with E-state index in [1.807, 2.05) is 0 Å². The van der Waals surface area contributed by atoms with Crippen LogP contribution < -0.4 is 16.6 Å². The van der Waals surface area contributed by atoms with E-state index in [-0.39, 0.29) is 28.6 Å². The molecular weight excluding hydrogens is 466 g/mol. The third-order valence-electron chi connectivity index (χ3n) is 5.24. The number of H-pyrrole nitrogens is 1. The van der Waals surface area contributed by atoms with Gasteiger partial charge in [0.2, 0.25) is 5.95 Å². The number of aromatic nitrogens is 6. The van der Waals surface area contributed by atoms with E-state index in [1.165, 1.54) is 18.5 Å². The normalized spacial score (nSPS) is 11.4. The van der Waals surface area contributed by atoms with Gasteiger partial charge in [-0.2, -0.15) is 9.97 Å². The van der Waals surface area contributed by atoms with Gasteiger partial charge in [-0.25, -0.2) is 18.7 Å². The quantitative estimate of drug-likeness (QED) is 0.315. The lowest BCUT2D eigenvalue weighted by Crippen LogP contribution is -2.26. The largest absolute Gasteiger partial charge is 0.368 e. The van der Waals surface area contributed by atoms with Gasteiger partial charge in [0.1, 0.15) is 28.7 Å². The number of nitrogen functional groups attached to an aromatic ring is 1. The molecule has 0 unspecified atom stereocenters. The fourth-order valence-corrected chi connectivity index (χ4v) is 4.02. The molecule has 0 aliphatic heterocycles. The highest BCUT2D eigenvalue weighted by Gasteiger charge is 2.20. The summed E-state index contributed by atoms with van der Waals surface area (Å²) in [5, 5.41) is 3.37. The van der Waals surface area contributed by atoms with Crippen LogP contribution in [0.15, 0.2) is 47.5 Å². The van der Waals surface area contributed by atoms with Crippen LogP contribution in [0.1, 0.15) is 12.2 Å². The molecule has 3 heterocycles. The Kier molecular flexibility index (Phi) is 5.54. The molecule has 0 saturated carbocycles. The molecule has 3 aromatic heterocycles. The fourth-order valence-electron chi connectivity index (χ4n) is 3.77. The molecule has 172 valence electrons. The number of imidazole rings is 1. The zero-order valence-corrected chi connectivity index (χ0v) is 18.3. The lowest BCUT2D eigenvalue weighted by Gasteiger charge is -2.15. The van der Waals surface area contributed by atoms with E-state index >= 15 is 0 Å². The predicted octanol–water partition coefficient (Wildman–Crippen LogP) is 3.61. The van der Waals surface area contributed by atoms with Crippen molar-refractivity contribution in [3.05, 3.63) is 75.6 Å². The van der Waals surface area contributed by atoms with Crippen LogP contribution in [0, 0.1) is 11.6 Å². The molecule has 5 rings (SSSR count). The van der Waals surface area contributed by atoms with Gasteiger partial charge in [0.05, 0.1) is 22.3 Å². The Morgan fingerprint density at radius 1 is 1.09 bits per heavy atom. The zero-order valence-electron chi connectivity index (χ0n) is 17.5. The molecule has 2 aromatic carbocycles. The minimum absolute atomic E-state index is 0.0798. The van der Waals surface area contributed by atoms with Crippen molar-refractivity contribution >= 4 is 45.4 Å². The topological polar surface area (TPSA) is 127 Å². The number of fused-ring (bicyclic) bond motifs is 2. The number of anilines is 2. The first-order valence-corrected chi connectivity index (χ1v) is 10.7. The molecule has 0 bridgehead atoms. The molecule has 0 saturated heterocycles. The molecule has 0 fully saturated rings. The Hall–Kier alpha value is -4.12. The van der Waals surface area contributed by atoms with Crippen molar-refractivity contribution in [2.45, 2.75) is 12.8 Å². The highest BCUT2D eigenvalue weighted by atomic mass is 35.5. The van der Waals surface area contributed by atoms with Crippen LogP contribution in [0.3, 0.4) is 0 Å². The Bertz CT molecular complexity index is 1580. The van der Waals surface area contributed by atoms with Gasteiger partial charge in [0, 0.05) is 13.0 Å². The summed E-state index contributed by atoms with van der Waals surface area (Å²) in [5.74, 6) is -1.05. The number of nitrogens with two attached hydrogens (primary N) is 1. The molecule has 0 aliphatic rings. The number of halogens is 3. The SMILES string of the molecule is Nc1nc(NCCCc2nc3cccc(Cl)c3c(=O)n2-c2c(F)cccc2F)c2nc[nH]c2n1. The van der Waals surface area contributed by atoms with Gasteiger partial charge < -0.3 is 16.0 Å². The summed E-state index contributed by atoms with van der Waals surface area (Å²) in [4.78, 5) is 33.1. The highest BCUT2D eigenvalue weighted by molar-refractivity contribution is 6.35. The van der Waals surface area contributed by atoms with Crippen molar-refractivity contribution in [2.75, 3.05) is 17.6 Å². The highest BCUT2D eigenvalue weighted by Crippen LogP contribution is 2.24. The van der Waals surface area contributed by atoms with Gasteiger partial charge in [-0.3, -0.25) is 9.36 Å². The van der Waals surface area contributed by atoms with Crippen molar-refractivity contribution in [3.8, 4) is 5.69 Å². The van der Waals surface area contributed by atoms with Crippen LogP contribution in [0.25, 0.3) is 27.8 Å². The van der Waals surface area contributed by atoms with E-state index in [9.17, 15) is 13.6 Å². The second kappa shape index (κ2) is 8.67. The van der Waals surface area contributed by atoms with Gasteiger partial charge in [-0.1, -0.05) is 23.7 Å². The number of rotatable bonds is 6. The van der Waals surface area contributed by atoms with Crippen molar-refractivity contribution in [2.24, 2.45) is 0 Å². The number of benzene rings is 2. The second-order valence-electron chi connectivity index (χ2n) is 7.43. The summed E-state index contributed by atoms with van der Waals surface area (Å²) in [6, 6.07) is 8.22. The van der Waals surface area contributed by atoms with Crippen LogP contribution in [-0.4, -0.2) is 36.0 Å². The summed E-state index contributed by atoms with van der Waals surface area (Å²) in [6.07, 6.45) is 2.16. The number of aryl methyl sites for hydroxylation is 1. The molecule has 0 aliphatic carbocycles. The van der Waals surface area contributed by atoms with Crippen LogP contribution in [0.2, 0.25) is 5.02 Å². The number of hydrogen-bond donors (Lipinski definition) is 3. The fraction of sp³-hybridized carbons (Fsp3) is 0.136. The maximum absolute atomic E-state index is 14.7. The van der Waals surface area contributed by atoms with Crippen LogP contribution in [0.5, 0.6) is 0 Å². The predicted molar refractivity (Wildman–Crippen MR) is 125 cm³/mol. The van der Waals surface area contributed by atoms with E-state index in [1.54, 1.807) is 12.1 Å². The minimum Gasteiger partial charge on any atom is -0.368 e. The third kappa shape index (κ3) is 3.79. The first-order chi connectivity index (χ1) is 16.4. The Morgan fingerprint density at radius 3 is 2.65 bits per heavy atom. The summed E-state index contributed by atoms with van der Waals surface area (Å²) in [6.45, 7) is 0.390. The van der Waals surface area contributed by atoms with Crippen LogP contribution >= 0.6 is 11.6 Å². The first kappa shape index (κ1) is 21.7. The average Bonchev–Trinajstić information content (AvgIpc) is 3.26. The standard InChI is InChI=1S/C22H17ClF2N8O/c23-11-4-1-7-14-16(11)21(34)33(18-12(24)5-2-6-13(18)25)15(30-14)8-3-9-27-19-17-20(29-10-28-17)32-22(26)31-19/h1-2,4-7,10H,3,8-9H2,(H4,26,27,28,29,31,32). The number of nitrogens with one attached hydrogen (secondary N) is 2.